The summed E-state index contributed by atoms with van der Waals surface area (Å²) in [5, 5.41) is 8.78. The van der Waals surface area contributed by atoms with Gasteiger partial charge < -0.3 is 14.7 Å². The van der Waals surface area contributed by atoms with Gasteiger partial charge in [0.15, 0.2) is 0 Å². The van der Waals surface area contributed by atoms with Crippen molar-refractivity contribution in [3.05, 3.63) is 89.5 Å². The van der Waals surface area contributed by atoms with Crippen LogP contribution in [0, 0.1) is 0 Å². The maximum absolute atomic E-state index is 10.7. The van der Waals surface area contributed by atoms with Crippen molar-refractivity contribution in [2.75, 3.05) is 4.90 Å². The molecule has 0 saturated carbocycles. The number of benzene rings is 3. The van der Waals surface area contributed by atoms with Crippen molar-refractivity contribution in [1.82, 2.24) is 0 Å². The van der Waals surface area contributed by atoms with E-state index < -0.39 is 5.97 Å². The molecular formula is C25H25NO3. The number of anilines is 2. The Bertz CT molecular complexity index is 997. The second kappa shape index (κ2) is 8.39. The number of ether oxygens (including phenoxy) is 1. The van der Waals surface area contributed by atoms with Crippen molar-refractivity contribution < 1.29 is 14.6 Å². The van der Waals surface area contributed by atoms with Gasteiger partial charge in [0.2, 0.25) is 0 Å². The fourth-order valence-corrected chi connectivity index (χ4v) is 3.93. The lowest BCUT2D eigenvalue weighted by atomic mass is 10.1. The molecule has 148 valence electrons. The van der Waals surface area contributed by atoms with Crippen molar-refractivity contribution in [1.29, 1.82) is 0 Å². The Kier molecular flexibility index (Phi) is 5.52. The molecule has 0 aliphatic carbocycles. The summed E-state index contributed by atoms with van der Waals surface area (Å²) in [5.41, 5.74) is 5.99. The lowest BCUT2D eigenvalue weighted by Gasteiger charge is -2.25. The van der Waals surface area contributed by atoms with Crippen LogP contribution in [0.25, 0.3) is 0 Å². The van der Waals surface area contributed by atoms with E-state index in [1.165, 1.54) is 16.9 Å². The zero-order chi connectivity index (χ0) is 20.2. The van der Waals surface area contributed by atoms with Crippen LogP contribution in [0.3, 0.4) is 0 Å². The van der Waals surface area contributed by atoms with Gasteiger partial charge in [-0.2, -0.15) is 0 Å². The van der Waals surface area contributed by atoms with Gasteiger partial charge in [-0.3, -0.25) is 4.79 Å². The average molecular weight is 387 g/mol. The van der Waals surface area contributed by atoms with E-state index in [1.807, 2.05) is 24.3 Å². The predicted molar refractivity (Wildman–Crippen MR) is 115 cm³/mol. The molecule has 1 N–H and O–H groups in total. The largest absolute Gasteiger partial charge is 0.489 e. The highest BCUT2D eigenvalue weighted by Gasteiger charge is 2.26. The van der Waals surface area contributed by atoms with Crippen LogP contribution < -0.4 is 9.64 Å². The molecule has 0 saturated heterocycles. The van der Waals surface area contributed by atoms with E-state index in [4.69, 9.17) is 9.84 Å². The normalized spacial score (nSPS) is 15.2. The summed E-state index contributed by atoms with van der Waals surface area (Å²) in [5.74, 6) is 0.00881. The Morgan fingerprint density at radius 2 is 1.83 bits per heavy atom. The van der Waals surface area contributed by atoms with E-state index >= 15 is 0 Å². The number of para-hydroxylation sites is 1. The standard InChI is InChI=1S/C25H25NO3/c1-18-15-21-6-2-3-8-24(21)26(18)22-7-4-5-20(16-22)17-29-23-12-9-19(10-13-23)11-14-25(27)28/h2-10,12-13,16,18H,11,14-15,17H2,1H3,(H,27,28). The summed E-state index contributed by atoms with van der Waals surface area (Å²) in [6.07, 6.45) is 1.74. The number of carboxylic acid groups (broad SMARTS) is 1. The number of aliphatic carboxylic acids is 1. The first-order valence-electron chi connectivity index (χ1n) is 10.00. The second-order valence-electron chi connectivity index (χ2n) is 7.55. The molecule has 3 aromatic carbocycles. The Morgan fingerprint density at radius 1 is 1.03 bits per heavy atom. The van der Waals surface area contributed by atoms with E-state index in [9.17, 15) is 4.79 Å². The van der Waals surface area contributed by atoms with Crippen LogP contribution in [0.2, 0.25) is 0 Å². The molecule has 0 radical (unpaired) electrons. The van der Waals surface area contributed by atoms with Gasteiger partial charge in [0.25, 0.3) is 0 Å². The molecule has 1 unspecified atom stereocenters. The number of hydrogen-bond donors (Lipinski definition) is 1. The van der Waals surface area contributed by atoms with E-state index in [0.717, 1.165) is 23.3 Å². The molecule has 1 heterocycles. The van der Waals surface area contributed by atoms with Crippen molar-refractivity contribution in [2.45, 2.75) is 38.8 Å². The predicted octanol–water partition coefficient (Wildman–Crippen LogP) is 5.37. The van der Waals surface area contributed by atoms with Crippen LogP contribution >= 0.6 is 0 Å². The molecule has 0 aromatic heterocycles. The van der Waals surface area contributed by atoms with Crippen LogP contribution in [0.1, 0.15) is 30.0 Å². The zero-order valence-electron chi connectivity index (χ0n) is 16.5. The van der Waals surface area contributed by atoms with Crippen LogP contribution in [0.15, 0.2) is 72.8 Å². The van der Waals surface area contributed by atoms with Gasteiger partial charge in [0.1, 0.15) is 12.4 Å². The molecule has 0 fully saturated rings. The van der Waals surface area contributed by atoms with Crippen LogP contribution in [-0.2, 0) is 24.2 Å². The topological polar surface area (TPSA) is 49.8 Å². The smallest absolute Gasteiger partial charge is 0.303 e. The minimum atomic E-state index is -0.778. The maximum Gasteiger partial charge on any atom is 0.303 e. The van der Waals surface area contributed by atoms with Gasteiger partial charge in [-0.05, 0) is 66.8 Å². The second-order valence-corrected chi connectivity index (χ2v) is 7.55. The summed E-state index contributed by atoms with van der Waals surface area (Å²) in [4.78, 5) is 13.1. The quantitative estimate of drug-likeness (QED) is 0.592. The first kappa shape index (κ1) is 19.1. The fourth-order valence-electron chi connectivity index (χ4n) is 3.93. The highest BCUT2D eigenvalue weighted by atomic mass is 16.5. The monoisotopic (exact) mass is 387 g/mol. The van der Waals surface area contributed by atoms with Gasteiger partial charge in [-0.1, -0.05) is 42.5 Å². The third kappa shape index (κ3) is 4.43. The zero-order valence-corrected chi connectivity index (χ0v) is 16.5. The van der Waals surface area contributed by atoms with E-state index in [-0.39, 0.29) is 6.42 Å². The molecule has 1 aliphatic heterocycles. The van der Waals surface area contributed by atoms with Crippen molar-refractivity contribution >= 4 is 17.3 Å². The minimum Gasteiger partial charge on any atom is -0.489 e. The number of rotatable bonds is 7. The molecule has 4 rings (SSSR count). The van der Waals surface area contributed by atoms with E-state index in [0.29, 0.717) is 19.1 Å². The number of hydrogen-bond acceptors (Lipinski definition) is 3. The molecule has 0 amide bonds. The van der Waals surface area contributed by atoms with Gasteiger partial charge in [0.05, 0.1) is 0 Å². The van der Waals surface area contributed by atoms with Crippen molar-refractivity contribution in [3.8, 4) is 5.75 Å². The number of fused-ring (bicyclic) bond motifs is 1. The molecule has 29 heavy (non-hydrogen) atoms. The molecule has 1 aliphatic rings. The van der Waals surface area contributed by atoms with Gasteiger partial charge in [0, 0.05) is 23.8 Å². The molecule has 0 spiro atoms. The first-order valence-corrected chi connectivity index (χ1v) is 10.00. The number of carbonyl (C=O) groups is 1. The fraction of sp³-hybridized carbons (Fsp3) is 0.240. The molecule has 3 aromatic rings. The van der Waals surface area contributed by atoms with Crippen molar-refractivity contribution in [3.63, 3.8) is 0 Å². The summed E-state index contributed by atoms with van der Waals surface area (Å²) in [6.45, 7) is 2.75. The Labute approximate surface area is 171 Å². The van der Waals surface area contributed by atoms with Gasteiger partial charge >= 0.3 is 5.97 Å². The Balaban J connectivity index is 1.43. The molecule has 4 nitrogen and oxygen atoms in total. The molecule has 1 atom stereocenters. The lowest BCUT2D eigenvalue weighted by molar-refractivity contribution is -0.136. The van der Waals surface area contributed by atoms with Crippen LogP contribution in [-0.4, -0.2) is 17.1 Å². The highest BCUT2D eigenvalue weighted by molar-refractivity contribution is 5.71. The molecule has 0 bridgehead atoms. The Hall–Kier alpha value is -3.27. The number of aryl methyl sites for hydroxylation is 1. The summed E-state index contributed by atoms with van der Waals surface area (Å²) >= 11 is 0. The SMILES string of the molecule is CC1Cc2ccccc2N1c1cccc(COc2ccc(CCC(=O)O)cc2)c1. The highest BCUT2D eigenvalue weighted by Crippen LogP contribution is 2.38. The van der Waals surface area contributed by atoms with Crippen LogP contribution in [0.4, 0.5) is 11.4 Å². The van der Waals surface area contributed by atoms with Crippen LogP contribution in [0.5, 0.6) is 5.75 Å². The maximum atomic E-state index is 10.7. The van der Waals surface area contributed by atoms with E-state index in [1.54, 1.807) is 0 Å². The van der Waals surface area contributed by atoms with Crippen molar-refractivity contribution in [2.24, 2.45) is 0 Å². The molecular weight excluding hydrogens is 362 g/mol. The summed E-state index contributed by atoms with van der Waals surface area (Å²) in [7, 11) is 0. The number of nitrogens with zero attached hydrogens (tertiary/aromatic N) is 1. The summed E-state index contributed by atoms with van der Waals surface area (Å²) < 4.78 is 5.95. The third-order valence-electron chi connectivity index (χ3n) is 5.35. The third-order valence-corrected chi connectivity index (χ3v) is 5.35. The molecule has 4 heteroatoms. The van der Waals surface area contributed by atoms with Gasteiger partial charge in [-0.25, -0.2) is 0 Å². The van der Waals surface area contributed by atoms with E-state index in [2.05, 4.69) is 60.4 Å². The first-order chi connectivity index (χ1) is 14.1. The minimum absolute atomic E-state index is 0.144. The van der Waals surface area contributed by atoms with Gasteiger partial charge in [-0.15, -0.1) is 0 Å². The summed E-state index contributed by atoms with van der Waals surface area (Å²) in [6, 6.07) is 25.2. The number of carboxylic acids is 1. The lowest BCUT2D eigenvalue weighted by Crippen LogP contribution is -2.23. The average Bonchev–Trinajstić information content (AvgIpc) is 3.07. The Morgan fingerprint density at radius 3 is 2.62 bits per heavy atom.